The van der Waals surface area contributed by atoms with Crippen LogP contribution in [0.3, 0.4) is 0 Å². The Morgan fingerprint density at radius 3 is 2.38 bits per heavy atom. The van der Waals surface area contributed by atoms with Crippen LogP contribution in [0.15, 0.2) is 30.6 Å². The molecule has 0 bridgehead atoms. The minimum atomic E-state index is 0.116. The van der Waals surface area contributed by atoms with Crippen LogP contribution in [0.4, 0.5) is 5.82 Å². The summed E-state index contributed by atoms with van der Waals surface area (Å²) in [7, 11) is 1.59. The summed E-state index contributed by atoms with van der Waals surface area (Å²) < 4.78 is 5.15. The van der Waals surface area contributed by atoms with Crippen molar-refractivity contribution in [3.05, 3.63) is 47.3 Å². The molecule has 0 spiro atoms. The van der Waals surface area contributed by atoms with Gasteiger partial charge in [0, 0.05) is 37.8 Å². The number of anilines is 1. The first-order valence-electron chi connectivity index (χ1n) is 8.06. The van der Waals surface area contributed by atoms with Crippen molar-refractivity contribution in [2.45, 2.75) is 13.8 Å². The molecule has 3 rings (SSSR count). The second-order valence-corrected chi connectivity index (χ2v) is 5.96. The number of hydrogen-bond donors (Lipinski definition) is 0. The number of piperazine rings is 1. The fourth-order valence-corrected chi connectivity index (χ4v) is 3.06. The van der Waals surface area contributed by atoms with Gasteiger partial charge in [-0.1, -0.05) is 18.2 Å². The second-order valence-electron chi connectivity index (χ2n) is 5.96. The third kappa shape index (κ3) is 3.18. The topological polar surface area (TPSA) is 58.6 Å². The van der Waals surface area contributed by atoms with Crippen molar-refractivity contribution in [1.82, 2.24) is 14.9 Å². The molecule has 1 aromatic heterocycles. The summed E-state index contributed by atoms with van der Waals surface area (Å²) in [5.74, 6) is 1.50. The van der Waals surface area contributed by atoms with Crippen LogP contribution >= 0.6 is 0 Å². The van der Waals surface area contributed by atoms with Gasteiger partial charge in [-0.15, -0.1) is 0 Å². The maximum atomic E-state index is 12.8. The fourth-order valence-electron chi connectivity index (χ4n) is 3.06. The summed E-state index contributed by atoms with van der Waals surface area (Å²) in [5.41, 5.74) is 2.89. The van der Waals surface area contributed by atoms with Gasteiger partial charge in [0.1, 0.15) is 12.1 Å². The van der Waals surface area contributed by atoms with Gasteiger partial charge in [-0.3, -0.25) is 4.79 Å². The van der Waals surface area contributed by atoms with E-state index in [-0.39, 0.29) is 5.91 Å². The van der Waals surface area contributed by atoms with Gasteiger partial charge in [0.05, 0.1) is 7.11 Å². The fraction of sp³-hybridized carbons (Fsp3) is 0.389. The van der Waals surface area contributed by atoms with Crippen molar-refractivity contribution in [1.29, 1.82) is 0 Å². The number of aromatic nitrogens is 2. The van der Waals surface area contributed by atoms with Gasteiger partial charge in [0.25, 0.3) is 5.91 Å². The third-order valence-electron chi connectivity index (χ3n) is 4.42. The normalized spacial score (nSPS) is 14.6. The number of amides is 1. The van der Waals surface area contributed by atoms with Gasteiger partial charge >= 0.3 is 0 Å². The molecule has 0 radical (unpaired) electrons. The largest absolute Gasteiger partial charge is 0.481 e. The lowest BCUT2D eigenvalue weighted by molar-refractivity contribution is 0.0745. The summed E-state index contributed by atoms with van der Waals surface area (Å²) >= 11 is 0. The van der Waals surface area contributed by atoms with E-state index in [1.54, 1.807) is 7.11 Å². The Hall–Kier alpha value is -2.63. The number of nitrogens with zero attached hydrogens (tertiary/aromatic N) is 4. The maximum Gasteiger partial charge on any atom is 0.254 e. The Balaban J connectivity index is 1.69. The number of methoxy groups -OCH3 is 1. The average Bonchev–Trinajstić information content (AvgIpc) is 2.61. The Kier molecular flexibility index (Phi) is 4.64. The predicted molar refractivity (Wildman–Crippen MR) is 92.6 cm³/mol. The summed E-state index contributed by atoms with van der Waals surface area (Å²) in [6.07, 6.45) is 1.50. The molecule has 6 nitrogen and oxygen atoms in total. The maximum absolute atomic E-state index is 12.8. The molecule has 0 saturated carbocycles. The molecule has 0 unspecified atom stereocenters. The lowest BCUT2D eigenvalue weighted by Crippen LogP contribution is -2.49. The number of benzene rings is 1. The highest BCUT2D eigenvalue weighted by Crippen LogP contribution is 2.20. The van der Waals surface area contributed by atoms with Crippen molar-refractivity contribution >= 4 is 11.7 Å². The van der Waals surface area contributed by atoms with Crippen LogP contribution < -0.4 is 9.64 Å². The van der Waals surface area contributed by atoms with Gasteiger partial charge in [-0.05, 0) is 25.0 Å². The Morgan fingerprint density at radius 2 is 1.75 bits per heavy atom. The van der Waals surface area contributed by atoms with Gasteiger partial charge < -0.3 is 14.5 Å². The molecule has 0 atom stereocenters. The van der Waals surface area contributed by atoms with Crippen molar-refractivity contribution in [2.24, 2.45) is 0 Å². The molecule has 1 amide bonds. The molecule has 0 N–H and O–H groups in total. The smallest absolute Gasteiger partial charge is 0.254 e. The van der Waals surface area contributed by atoms with Gasteiger partial charge in [0.2, 0.25) is 5.88 Å². The number of hydrogen-bond acceptors (Lipinski definition) is 5. The summed E-state index contributed by atoms with van der Waals surface area (Å²) in [6, 6.07) is 7.79. The quantitative estimate of drug-likeness (QED) is 0.864. The number of carbonyl (C=O) groups is 1. The monoisotopic (exact) mass is 326 g/mol. The number of rotatable bonds is 3. The van der Waals surface area contributed by atoms with Crippen LogP contribution in [0, 0.1) is 13.8 Å². The molecule has 1 fully saturated rings. The zero-order valence-corrected chi connectivity index (χ0v) is 14.3. The molecule has 2 heterocycles. The summed E-state index contributed by atoms with van der Waals surface area (Å²) in [4.78, 5) is 25.2. The first-order chi connectivity index (χ1) is 11.6. The minimum Gasteiger partial charge on any atom is -0.481 e. The molecule has 126 valence electrons. The Labute approximate surface area is 142 Å². The van der Waals surface area contributed by atoms with E-state index >= 15 is 0 Å². The van der Waals surface area contributed by atoms with Crippen LogP contribution in [0.2, 0.25) is 0 Å². The summed E-state index contributed by atoms with van der Waals surface area (Å²) in [5, 5.41) is 0. The van der Waals surface area contributed by atoms with E-state index in [2.05, 4.69) is 14.9 Å². The van der Waals surface area contributed by atoms with Gasteiger partial charge in [0.15, 0.2) is 0 Å². The SMILES string of the molecule is COc1cc(N2CCN(C(=O)c3c(C)cccc3C)CC2)ncn1. The van der Waals surface area contributed by atoms with Gasteiger partial charge in [-0.25, -0.2) is 9.97 Å². The van der Waals surface area contributed by atoms with E-state index in [4.69, 9.17) is 4.74 Å². The van der Waals surface area contributed by atoms with Crippen LogP contribution in [-0.2, 0) is 0 Å². The van der Waals surface area contributed by atoms with E-state index in [9.17, 15) is 4.79 Å². The van der Waals surface area contributed by atoms with E-state index < -0.39 is 0 Å². The molecular formula is C18H22N4O2. The van der Waals surface area contributed by atoms with E-state index in [1.165, 1.54) is 6.33 Å². The standard InChI is InChI=1S/C18H22N4O2/c1-13-5-4-6-14(2)17(13)18(23)22-9-7-21(8-10-22)15-11-16(24-3)20-12-19-15/h4-6,11-12H,7-10H2,1-3H3. The molecule has 2 aromatic rings. The van der Waals surface area contributed by atoms with Gasteiger partial charge in [-0.2, -0.15) is 0 Å². The molecule has 1 aliphatic rings. The Morgan fingerprint density at radius 1 is 1.08 bits per heavy atom. The van der Waals surface area contributed by atoms with Crippen LogP contribution in [0.25, 0.3) is 0 Å². The van der Waals surface area contributed by atoms with E-state index in [0.717, 1.165) is 35.6 Å². The average molecular weight is 326 g/mol. The predicted octanol–water partition coefficient (Wildman–Crippen LogP) is 2.06. The molecular weight excluding hydrogens is 304 g/mol. The molecule has 1 aromatic carbocycles. The van der Waals surface area contributed by atoms with E-state index in [1.807, 2.05) is 43.0 Å². The first-order valence-corrected chi connectivity index (χ1v) is 8.06. The number of aryl methyl sites for hydroxylation is 2. The van der Waals surface area contributed by atoms with Crippen molar-refractivity contribution in [2.75, 3.05) is 38.2 Å². The number of ether oxygens (including phenoxy) is 1. The molecule has 0 aliphatic carbocycles. The van der Waals surface area contributed by atoms with Crippen molar-refractivity contribution in [3.63, 3.8) is 0 Å². The Bertz CT molecular complexity index is 719. The zero-order chi connectivity index (χ0) is 17.1. The minimum absolute atomic E-state index is 0.116. The van der Waals surface area contributed by atoms with Crippen LogP contribution in [0.1, 0.15) is 21.5 Å². The van der Waals surface area contributed by atoms with Crippen molar-refractivity contribution < 1.29 is 9.53 Å². The van der Waals surface area contributed by atoms with Crippen LogP contribution in [-0.4, -0.2) is 54.1 Å². The molecule has 24 heavy (non-hydrogen) atoms. The summed E-state index contributed by atoms with van der Waals surface area (Å²) in [6.45, 7) is 6.83. The lowest BCUT2D eigenvalue weighted by atomic mass is 10.0. The highest BCUT2D eigenvalue weighted by atomic mass is 16.5. The zero-order valence-electron chi connectivity index (χ0n) is 14.3. The lowest BCUT2D eigenvalue weighted by Gasteiger charge is -2.35. The van der Waals surface area contributed by atoms with E-state index in [0.29, 0.717) is 19.0 Å². The highest BCUT2D eigenvalue weighted by Gasteiger charge is 2.24. The third-order valence-corrected chi connectivity index (χ3v) is 4.42. The first kappa shape index (κ1) is 16.2. The molecule has 1 saturated heterocycles. The number of carbonyl (C=O) groups excluding carboxylic acids is 1. The van der Waals surface area contributed by atoms with Crippen LogP contribution in [0.5, 0.6) is 5.88 Å². The highest BCUT2D eigenvalue weighted by molar-refractivity contribution is 5.97. The second kappa shape index (κ2) is 6.86. The van der Waals surface area contributed by atoms with Crippen molar-refractivity contribution in [3.8, 4) is 5.88 Å². The molecule has 6 heteroatoms. The molecule has 1 aliphatic heterocycles.